The van der Waals surface area contributed by atoms with E-state index in [1.165, 1.54) is 30.0 Å². The summed E-state index contributed by atoms with van der Waals surface area (Å²) in [7, 11) is 0. The standard InChI is InChI=1S/C19H15ClFN5OS/c1-10(18(27)23-12-7-8-15(21)14(20)9-12)28-19-24-16-6-4-3-5-13(16)17-22-11(2)25-26(17)19/h3-10H,1-2H3,(H,23,27). The molecule has 0 radical (unpaired) electrons. The zero-order chi connectivity index (χ0) is 19.8. The van der Waals surface area contributed by atoms with Crippen LogP contribution in [0.2, 0.25) is 5.02 Å². The molecule has 0 fully saturated rings. The topological polar surface area (TPSA) is 72.2 Å². The van der Waals surface area contributed by atoms with Gasteiger partial charge in [0.1, 0.15) is 11.6 Å². The number of carbonyl (C=O) groups excluding carboxylic acids is 1. The van der Waals surface area contributed by atoms with Crippen LogP contribution in [0.25, 0.3) is 16.6 Å². The summed E-state index contributed by atoms with van der Waals surface area (Å²) < 4.78 is 14.9. The maximum Gasteiger partial charge on any atom is 0.237 e. The van der Waals surface area contributed by atoms with Gasteiger partial charge in [-0.15, -0.1) is 5.10 Å². The number of amides is 1. The molecule has 0 saturated heterocycles. The van der Waals surface area contributed by atoms with Gasteiger partial charge in [-0.05, 0) is 44.2 Å². The Labute approximate surface area is 169 Å². The van der Waals surface area contributed by atoms with Gasteiger partial charge in [0.05, 0.1) is 15.8 Å². The fraction of sp³-hybridized carbons (Fsp3) is 0.158. The van der Waals surface area contributed by atoms with E-state index < -0.39 is 11.1 Å². The number of nitrogens with one attached hydrogen (secondary N) is 1. The van der Waals surface area contributed by atoms with Crippen molar-refractivity contribution in [1.82, 2.24) is 19.6 Å². The number of thioether (sulfide) groups is 1. The normalized spacial score (nSPS) is 12.4. The highest BCUT2D eigenvalue weighted by Crippen LogP contribution is 2.27. The van der Waals surface area contributed by atoms with E-state index in [9.17, 15) is 9.18 Å². The molecule has 0 aliphatic carbocycles. The molecule has 28 heavy (non-hydrogen) atoms. The monoisotopic (exact) mass is 415 g/mol. The van der Waals surface area contributed by atoms with Crippen molar-refractivity contribution in [3.63, 3.8) is 0 Å². The van der Waals surface area contributed by atoms with Crippen LogP contribution in [0.3, 0.4) is 0 Å². The number of anilines is 1. The minimum absolute atomic E-state index is 0.0471. The van der Waals surface area contributed by atoms with Gasteiger partial charge in [-0.25, -0.2) is 14.4 Å². The third kappa shape index (κ3) is 3.53. The molecule has 1 unspecified atom stereocenters. The molecule has 142 valence electrons. The summed E-state index contributed by atoms with van der Waals surface area (Å²) in [6, 6.07) is 11.7. The van der Waals surface area contributed by atoms with E-state index in [1.54, 1.807) is 11.4 Å². The zero-order valence-corrected chi connectivity index (χ0v) is 16.6. The number of fused-ring (bicyclic) bond motifs is 3. The van der Waals surface area contributed by atoms with E-state index in [0.717, 1.165) is 10.9 Å². The van der Waals surface area contributed by atoms with Gasteiger partial charge >= 0.3 is 0 Å². The SMILES string of the molecule is Cc1nc2c3ccccc3nc(SC(C)C(=O)Nc3ccc(F)c(Cl)c3)n2n1. The third-order valence-corrected chi connectivity index (χ3v) is 5.43. The van der Waals surface area contributed by atoms with E-state index in [1.807, 2.05) is 31.2 Å². The van der Waals surface area contributed by atoms with Crippen LogP contribution < -0.4 is 5.32 Å². The number of hydrogen-bond acceptors (Lipinski definition) is 5. The molecule has 4 aromatic rings. The van der Waals surface area contributed by atoms with E-state index >= 15 is 0 Å². The van der Waals surface area contributed by atoms with Crippen LogP contribution in [-0.2, 0) is 4.79 Å². The second-order valence-corrected chi connectivity index (χ2v) is 7.90. The fourth-order valence-electron chi connectivity index (χ4n) is 2.74. The number of aryl methyl sites for hydroxylation is 1. The lowest BCUT2D eigenvalue weighted by molar-refractivity contribution is -0.115. The van der Waals surface area contributed by atoms with Crippen LogP contribution >= 0.6 is 23.4 Å². The Balaban J connectivity index is 1.62. The Morgan fingerprint density at radius 3 is 2.82 bits per heavy atom. The quantitative estimate of drug-likeness (QED) is 0.392. The molecule has 0 bridgehead atoms. The highest BCUT2D eigenvalue weighted by Gasteiger charge is 2.20. The molecular weight excluding hydrogens is 401 g/mol. The highest BCUT2D eigenvalue weighted by molar-refractivity contribution is 8.00. The molecule has 0 saturated carbocycles. The van der Waals surface area contributed by atoms with Crippen molar-refractivity contribution in [3.05, 3.63) is 59.1 Å². The van der Waals surface area contributed by atoms with Crippen LogP contribution in [0.15, 0.2) is 47.6 Å². The number of para-hydroxylation sites is 1. The van der Waals surface area contributed by atoms with Crippen LogP contribution in [0.1, 0.15) is 12.7 Å². The summed E-state index contributed by atoms with van der Waals surface area (Å²) in [6.45, 7) is 3.57. The molecule has 1 atom stereocenters. The summed E-state index contributed by atoms with van der Waals surface area (Å²) in [5, 5.41) is 8.08. The molecule has 1 N–H and O–H groups in total. The first kappa shape index (κ1) is 18.6. The maximum absolute atomic E-state index is 13.3. The van der Waals surface area contributed by atoms with E-state index in [-0.39, 0.29) is 10.9 Å². The Morgan fingerprint density at radius 1 is 1.25 bits per heavy atom. The first-order chi connectivity index (χ1) is 13.4. The number of halogens is 2. The Kier molecular flexibility index (Phi) is 4.91. The van der Waals surface area contributed by atoms with Crippen molar-refractivity contribution in [2.75, 3.05) is 5.32 Å². The van der Waals surface area contributed by atoms with Gasteiger partial charge in [-0.3, -0.25) is 4.79 Å². The molecule has 9 heteroatoms. The van der Waals surface area contributed by atoms with E-state index in [0.29, 0.717) is 22.3 Å². The molecule has 2 aromatic heterocycles. The average Bonchev–Trinajstić information content (AvgIpc) is 3.07. The molecule has 1 amide bonds. The van der Waals surface area contributed by atoms with Gasteiger partial charge in [0, 0.05) is 11.1 Å². The summed E-state index contributed by atoms with van der Waals surface area (Å²) >= 11 is 7.04. The largest absolute Gasteiger partial charge is 0.325 e. The van der Waals surface area contributed by atoms with Crippen molar-refractivity contribution in [2.24, 2.45) is 0 Å². The van der Waals surface area contributed by atoms with Gasteiger partial charge in [-0.2, -0.15) is 4.52 Å². The molecular formula is C19H15ClFN5OS. The minimum atomic E-state index is -0.536. The van der Waals surface area contributed by atoms with Gasteiger partial charge < -0.3 is 5.32 Å². The fourth-order valence-corrected chi connectivity index (χ4v) is 3.78. The summed E-state index contributed by atoms with van der Waals surface area (Å²) in [6.07, 6.45) is 0. The summed E-state index contributed by atoms with van der Waals surface area (Å²) in [4.78, 5) is 21.7. The van der Waals surface area contributed by atoms with Crippen LogP contribution in [0, 0.1) is 12.7 Å². The van der Waals surface area contributed by atoms with E-state index in [2.05, 4.69) is 20.4 Å². The molecule has 2 heterocycles. The molecule has 0 aliphatic rings. The van der Waals surface area contributed by atoms with Crippen molar-refractivity contribution in [3.8, 4) is 0 Å². The average molecular weight is 416 g/mol. The van der Waals surface area contributed by atoms with Gasteiger partial charge in [0.25, 0.3) is 0 Å². The first-order valence-electron chi connectivity index (χ1n) is 8.47. The van der Waals surface area contributed by atoms with Crippen molar-refractivity contribution in [1.29, 1.82) is 0 Å². The number of aromatic nitrogens is 4. The Morgan fingerprint density at radius 2 is 2.04 bits per heavy atom. The maximum atomic E-state index is 13.3. The van der Waals surface area contributed by atoms with Gasteiger partial charge in [0.15, 0.2) is 10.8 Å². The first-order valence-corrected chi connectivity index (χ1v) is 9.73. The van der Waals surface area contributed by atoms with Gasteiger partial charge in [0.2, 0.25) is 5.91 Å². The van der Waals surface area contributed by atoms with Crippen LogP contribution in [0.5, 0.6) is 0 Å². The van der Waals surface area contributed by atoms with Crippen LogP contribution in [-0.4, -0.2) is 30.7 Å². The molecule has 0 spiro atoms. The van der Waals surface area contributed by atoms with Crippen molar-refractivity contribution < 1.29 is 9.18 Å². The Bertz CT molecular complexity index is 1210. The molecule has 6 nitrogen and oxygen atoms in total. The van der Waals surface area contributed by atoms with Crippen LogP contribution in [0.4, 0.5) is 10.1 Å². The van der Waals surface area contributed by atoms with Crippen molar-refractivity contribution in [2.45, 2.75) is 24.3 Å². The summed E-state index contributed by atoms with van der Waals surface area (Å²) in [5.41, 5.74) is 1.91. The number of benzene rings is 2. The Hall–Kier alpha value is -2.71. The molecule has 0 aliphatic heterocycles. The number of carbonyl (C=O) groups is 1. The lowest BCUT2D eigenvalue weighted by atomic mass is 10.2. The zero-order valence-electron chi connectivity index (χ0n) is 15.0. The highest BCUT2D eigenvalue weighted by atomic mass is 35.5. The minimum Gasteiger partial charge on any atom is -0.325 e. The lowest BCUT2D eigenvalue weighted by Crippen LogP contribution is -2.23. The molecule has 2 aromatic carbocycles. The summed E-state index contributed by atoms with van der Waals surface area (Å²) in [5.74, 6) is -0.169. The number of rotatable bonds is 4. The number of nitrogens with zero attached hydrogens (tertiary/aromatic N) is 4. The van der Waals surface area contributed by atoms with Crippen molar-refractivity contribution >= 4 is 51.5 Å². The van der Waals surface area contributed by atoms with Gasteiger partial charge in [-0.1, -0.05) is 35.5 Å². The predicted octanol–water partition coefficient (Wildman–Crippen LogP) is 4.50. The number of hydrogen-bond donors (Lipinski definition) is 1. The third-order valence-electron chi connectivity index (χ3n) is 4.09. The second-order valence-electron chi connectivity index (χ2n) is 6.18. The molecule has 4 rings (SSSR count). The smallest absolute Gasteiger partial charge is 0.237 e. The lowest BCUT2D eigenvalue weighted by Gasteiger charge is -2.13. The predicted molar refractivity (Wildman–Crippen MR) is 108 cm³/mol. The second kappa shape index (κ2) is 7.37. The van der Waals surface area contributed by atoms with E-state index in [4.69, 9.17) is 11.6 Å².